The maximum atomic E-state index is 12.4. The molecule has 2 aliphatic carbocycles. The molecule has 0 amide bonds. The van der Waals surface area contributed by atoms with Gasteiger partial charge in [-0.3, -0.25) is 0 Å². The molecule has 3 rings (SSSR count). The van der Waals surface area contributed by atoms with Gasteiger partial charge < -0.3 is 14.6 Å². The molecule has 0 radical (unpaired) electrons. The van der Waals surface area contributed by atoms with Crippen molar-refractivity contribution in [3.8, 4) is 11.5 Å². The molecule has 4 nitrogen and oxygen atoms in total. The molecule has 0 spiro atoms. The molecule has 2 bridgehead atoms. The van der Waals surface area contributed by atoms with E-state index in [4.69, 9.17) is 9.47 Å². The Labute approximate surface area is 131 Å². The summed E-state index contributed by atoms with van der Waals surface area (Å²) in [5.74, 6) is 0.599. The fourth-order valence-corrected chi connectivity index (χ4v) is 4.48. The Balaban J connectivity index is 1.74. The zero-order valence-electron chi connectivity index (χ0n) is 13.7. The maximum Gasteiger partial charge on any atom is 0.338 e. The van der Waals surface area contributed by atoms with Crippen LogP contribution in [0.15, 0.2) is 18.2 Å². The monoisotopic (exact) mass is 304 g/mol. The fraction of sp³-hybridized carbons (Fsp3) is 0.611. The minimum atomic E-state index is -0.338. The van der Waals surface area contributed by atoms with E-state index in [9.17, 15) is 9.90 Å². The lowest BCUT2D eigenvalue weighted by molar-refractivity contribution is -0.0221. The summed E-state index contributed by atoms with van der Waals surface area (Å²) in [5.41, 5.74) is 0.852. The van der Waals surface area contributed by atoms with Crippen LogP contribution in [0.25, 0.3) is 0 Å². The van der Waals surface area contributed by atoms with Gasteiger partial charge in [0.1, 0.15) is 6.10 Å². The smallest absolute Gasteiger partial charge is 0.338 e. The molecule has 0 saturated heterocycles. The molecular formula is C18H24O4. The molecule has 2 aliphatic rings. The van der Waals surface area contributed by atoms with E-state index >= 15 is 0 Å². The molecular weight excluding hydrogens is 280 g/mol. The van der Waals surface area contributed by atoms with Crippen LogP contribution in [0.4, 0.5) is 0 Å². The lowest BCUT2D eigenvalue weighted by Crippen LogP contribution is -2.37. The van der Waals surface area contributed by atoms with Gasteiger partial charge in [0.15, 0.2) is 11.5 Å². The van der Waals surface area contributed by atoms with Gasteiger partial charge in [0.05, 0.1) is 12.7 Å². The quantitative estimate of drug-likeness (QED) is 0.864. The zero-order chi connectivity index (χ0) is 16.1. The molecule has 0 aromatic heterocycles. The molecule has 2 saturated carbocycles. The first-order valence-corrected chi connectivity index (χ1v) is 7.83. The zero-order valence-corrected chi connectivity index (χ0v) is 13.7. The number of hydrogen-bond acceptors (Lipinski definition) is 4. The molecule has 2 fully saturated rings. The van der Waals surface area contributed by atoms with E-state index in [1.807, 2.05) is 0 Å². The third-order valence-electron chi connectivity index (χ3n) is 5.62. The number of carbonyl (C=O) groups is 1. The summed E-state index contributed by atoms with van der Waals surface area (Å²) in [7, 11) is 1.46. The Morgan fingerprint density at radius 3 is 2.59 bits per heavy atom. The van der Waals surface area contributed by atoms with Gasteiger partial charge in [0, 0.05) is 5.41 Å². The molecule has 1 aromatic rings. The number of esters is 1. The van der Waals surface area contributed by atoms with Crippen molar-refractivity contribution in [1.29, 1.82) is 0 Å². The van der Waals surface area contributed by atoms with Gasteiger partial charge in [0.2, 0.25) is 0 Å². The molecule has 0 aliphatic heterocycles. The highest BCUT2D eigenvalue weighted by Gasteiger charge is 2.58. The van der Waals surface area contributed by atoms with Crippen molar-refractivity contribution in [2.45, 2.75) is 46.1 Å². The summed E-state index contributed by atoms with van der Waals surface area (Å²) >= 11 is 0. The van der Waals surface area contributed by atoms with Crippen LogP contribution in [0.1, 0.15) is 50.4 Å². The molecule has 3 atom stereocenters. The van der Waals surface area contributed by atoms with Crippen molar-refractivity contribution < 1.29 is 19.4 Å². The van der Waals surface area contributed by atoms with Crippen molar-refractivity contribution >= 4 is 5.97 Å². The summed E-state index contributed by atoms with van der Waals surface area (Å²) in [4.78, 5) is 12.4. The number of phenols is 1. The predicted molar refractivity (Wildman–Crippen MR) is 83.1 cm³/mol. The van der Waals surface area contributed by atoms with E-state index in [1.165, 1.54) is 19.2 Å². The van der Waals surface area contributed by atoms with Crippen LogP contribution in [0.3, 0.4) is 0 Å². The summed E-state index contributed by atoms with van der Waals surface area (Å²) in [6.07, 6.45) is 3.17. The van der Waals surface area contributed by atoms with Gasteiger partial charge in [-0.15, -0.1) is 0 Å². The lowest BCUT2D eigenvalue weighted by Gasteiger charge is -2.38. The molecule has 22 heavy (non-hydrogen) atoms. The van der Waals surface area contributed by atoms with Crippen molar-refractivity contribution in [2.24, 2.45) is 16.7 Å². The lowest BCUT2D eigenvalue weighted by atomic mass is 9.71. The second kappa shape index (κ2) is 4.90. The van der Waals surface area contributed by atoms with E-state index in [0.717, 1.165) is 19.3 Å². The van der Waals surface area contributed by atoms with Crippen LogP contribution in [-0.2, 0) is 4.74 Å². The fourth-order valence-electron chi connectivity index (χ4n) is 4.48. The Morgan fingerprint density at radius 1 is 1.32 bits per heavy atom. The van der Waals surface area contributed by atoms with Crippen molar-refractivity contribution in [1.82, 2.24) is 0 Å². The number of benzene rings is 1. The minimum absolute atomic E-state index is 0.0159. The number of hydrogen-bond donors (Lipinski definition) is 1. The van der Waals surface area contributed by atoms with E-state index < -0.39 is 0 Å². The topological polar surface area (TPSA) is 55.8 Å². The van der Waals surface area contributed by atoms with Crippen molar-refractivity contribution in [3.05, 3.63) is 23.8 Å². The van der Waals surface area contributed by atoms with Gasteiger partial charge in [-0.2, -0.15) is 0 Å². The van der Waals surface area contributed by atoms with Crippen LogP contribution in [0.2, 0.25) is 0 Å². The highest BCUT2D eigenvalue weighted by atomic mass is 16.5. The third kappa shape index (κ3) is 2.34. The highest BCUT2D eigenvalue weighted by Crippen LogP contribution is 2.63. The Bertz CT molecular complexity index is 607. The molecule has 1 aromatic carbocycles. The number of aromatic hydroxyl groups is 1. The molecule has 1 N–H and O–H groups in total. The van der Waals surface area contributed by atoms with Gasteiger partial charge >= 0.3 is 5.97 Å². The normalized spacial score (nSPS) is 32.0. The number of methoxy groups -OCH3 is 1. The first-order valence-electron chi connectivity index (χ1n) is 7.83. The van der Waals surface area contributed by atoms with Gasteiger partial charge in [-0.05, 0) is 48.8 Å². The van der Waals surface area contributed by atoms with Crippen molar-refractivity contribution in [3.63, 3.8) is 0 Å². The van der Waals surface area contributed by atoms with Gasteiger partial charge in [-0.1, -0.05) is 20.8 Å². The number of phenolic OH excluding ortho intramolecular Hbond substituents is 1. The Hall–Kier alpha value is -1.71. The SMILES string of the molecule is COc1cc(C(=O)O[C@H]2C[C@@H]3C[C@@]2(C)CC3(C)C)ccc1O. The predicted octanol–water partition coefficient (Wildman–Crippen LogP) is 3.77. The second-order valence-corrected chi connectivity index (χ2v) is 7.74. The highest BCUT2D eigenvalue weighted by molar-refractivity contribution is 5.90. The Morgan fingerprint density at radius 2 is 2.05 bits per heavy atom. The molecule has 120 valence electrons. The van der Waals surface area contributed by atoms with Gasteiger partial charge in [-0.25, -0.2) is 4.79 Å². The second-order valence-electron chi connectivity index (χ2n) is 7.74. The number of carbonyl (C=O) groups excluding carboxylic acids is 1. The average molecular weight is 304 g/mol. The molecule has 0 heterocycles. The van der Waals surface area contributed by atoms with Crippen LogP contribution in [0, 0.1) is 16.7 Å². The molecule has 4 heteroatoms. The third-order valence-corrected chi connectivity index (χ3v) is 5.62. The largest absolute Gasteiger partial charge is 0.504 e. The van der Waals surface area contributed by atoms with Crippen LogP contribution in [0.5, 0.6) is 11.5 Å². The first kappa shape index (κ1) is 15.2. The number of ether oxygens (including phenoxy) is 2. The van der Waals surface area contributed by atoms with E-state index in [-0.39, 0.29) is 29.0 Å². The maximum absolute atomic E-state index is 12.4. The molecule has 0 unspecified atom stereocenters. The van der Waals surface area contributed by atoms with Crippen LogP contribution < -0.4 is 4.74 Å². The summed E-state index contributed by atoms with van der Waals surface area (Å²) in [6, 6.07) is 4.55. The summed E-state index contributed by atoms with van der Waals surface area (Å²) in [6.45, 7) is 6.86. The number of fused-ring (bicyclic) bond motifs is 2. The first-order chi connectivity index (χ1) is 10.2. The average Bonchev–Trinajstić information content (AvgIpc) is 2.87. The minimum Gasteiger partial charge on any atom is -0.504 e. The standard InChI is InChI=1S/C18H24O4/c1-17(2)10-18(3)9-12(17)8-15(18)22-16(20)11-5-6-13(19)14(7-11)21-4/h5-7,12,15,19H,8-10H2,1-4H3/t12-,15+,18+/m1/s1. The summed E-state index contributed by atoms with van der Waals surface area (Å²) < 4.78 is 10.8. The van der Waals surface area contributed by atoms with Crippen LogP contribution in [-0.4, -0.2) is 24.3 Å². The summed E-state index contributed by atoms with van der Waals surface area (Å²) in [5, 5.41) is 9.61. The van der Waals surface area contributed by atoms with E-state index in [0.29, 0.717) is 16.9 Å². The van der Waals surface area contributed by atoms with E-state index in [1.54, 1.807) is 6.07 Å². The number of rotatable bonds is 3. The van der Waals surface area contributed by atoms with Crippen molar-refractivity contribution in [2.75, 3.05) is 7.11 Å². The van der Waals surface area contributed by atoms with Crippen LogP contribution >= 0.6 is 0 Å². The van der Waals surface area contributed by atoms with Gasteiger partial charge in [0.25, 0.3) is 0 Å². The van der Waals surface area contributed by atoms with E-state index in [2.05, 4.69) is 20.8 Å². The Kier molecular flexibility index (Phi) is 3.38.